The molecule has 4 nitrogen and oxygen atoms in total. The molecular weight excluding hydrogens is 335 g/mol. The molecule has 3 rings (SSSR count). The number of amides is 1. The fraction of sp³-hybridized carbons (Fsp3) is 0.611. The van der Waals surface area contributed by atoms with Gasteiger partial charge >= 0.3 is 6.18 Å². The molecule has 2 fully saturated rings. The number of carbonyl (C=O) groups is 1. The first-order valence-electron chi connectivity index (χ1n) is 8.44. The smallest absolute Gasteiger partial charge is 0.422 e. The molecule has 1 aromatic carbocycles. The van der Waals surface area contributed by atoms with E-state index in [1.54, 1.807) is 24.0 Å². The first kappa shape index (κ1) is 18.0. The molecule has 25 heavy (non-hydrogen) atoms. The zero-order chi connectivity index (χ0) is 18.3. The number of nitrogens with zero attached hydrogens (tertiary/aromatic N) is 1. The molecule has 1 aromatic rings. The Labute approximate surface area is 144 Å². The van der Waals surface area contributed by atoms with E-state index in [0.29, 0.717) is 37.9 Å². The van der Waals surface area contributed by atoms with Crippen LogP contribution in [0.5, 0.6) is 5.75 Å². The van der Waals surface area contributed by atoms with Crippen molar-refractivity contribution in [3.8, 4) is 5.75 Å². The van der Waals surface area contributed by atoms with Gasteiger partial charge < -0.3 is 14.7 Å². The van der Waals surface area contributed by atoms with Crippen LogP contribution in [0.25, 0.3) is 0 Å². The summed E-state index contributed by atoms with van der Waals surface area (Å²) in [5.41, 5.74) is -0.442. The fourth-order valence-corrected chi connectivity index (χ4v) is 3.69. The van der Waals surface area contributed by atoms with Crippen LogP contribution in [-0.2, 0) is 4.79 Å². The van der Waals surface area contributed by atoms with Crippen molar-refractivity contribution < 1.29 is 27.8 Å². The monoisotopic (exact) mass is 357 g/mol. The molecule has 0 atom stereocenters. The number of alkyl halides is 3. The van der Waals surface area contributed by atoms with Crippen molar-refractivity contribution in [2.45, 2.75) is 50.8 Å². The van der Waals surface area contributed by atoms with Gasteiger partial charge in [-0.15, -0.1) is 0 Å². The minimum atomic E-state index is -4.38. The molecule has 138 valence electrons. The fourth-order valence-electron chi connectivity index (χ4n) is 3.69. The number of ether oxygens (including phenoxy) is 1. The molecule has 2 aliphatic rings. The number of hydrogen-bond acceptors (Lipinski definition) is 3. The number of aliphatic hydroxyl groups is 1. The molecular formula is C18H22F3NO3. The van der Waals surface area contributed by atoms with E-state index >= 15 is 0 Å². The average Bonchev–Trinajstić information content (AvgIpc) is 2.86. The van der Waals surface area contributed by atoms with Crippen LogP contribution in [0.4, 0.5) is 18.9 Å². The maximum Gasteiger partial charge on any atom is 0.422 e. The van der Waals surface area contributed by atoms with Gasteiger partial charge in [0.05, 0.1) is 11.0 Å². The van der Waals surface area contributed by atoms with Crippen LogP contribution in [0.15, 0.2) is 24.3 Å². The van der Waals surface area contributed by atoms with E-state index < -0.39 is 23.8 Å². The molecule has 0 unspecified atom stereocenters. The summed E-state index contributed by atoms with van der Waals surface area (Å²) in [6.45, 7) is 1.05. The van der Waals surface area contributed by atoms with E-state index in [2.05, 4.69) is 0 Å². The quantitative estimate of drug-likeness (QED) is 0.898. The van der Waals surface area contributed by atoms with Gasteiger partial charge in [0.15, 0.2) is 6.61 Å². The molecule has 1 amide bonds. The lowest BCUT2D eigenvalue weighted by Gasteiger charge is -2.38. The highest BCUT2D eigenvalue weighted by atomic mass is 19.4. The van der Waals surface area contributed by atoms with Gasteiger partial charge in [0.1, 0.15) is 5.75 Å². The van der Waals surface area contributed by atoms with E-state index in [9.17, 15) is 23.1 Å². The summed E-state index contributed by atoms with van der Waals surface area (Å²) < 4.78 is 41.2. The van der Waals surface area contributed by atoms with Gasteiger partial charge in [-0.25, -0.2) is 0 Å². The van der Waals surface area contributed by atoms with Crippen LogP contribution in [0, 0.1) is 5.41 Å². The second kappa shape index (κ2) is 6.20. The van der Waals surface area contributed by atoms with Gasteiger partial charge in [0.25, 0.3) is 0 Å². The molecule has 0 bridgehead atoms. The predicted octanol–water partition coefficient (Wildman–Crippen LogP) is 3.68. The van der Waals surface area contributed by atoms with Crippen molar-refractivity contribution in [3.63, 3.8) is 0 Å². The highest BCUT2D eigenvalue weighted by molar-refractivity contribution is 6.00. The number of rotatable bonds is 3. The summed E-state index contributed by atoms with van der Waals surface area (Å²) in [5.74, 6) is 0.170. The molecule has 0 aromatic heterocycles. The van der Waals surface area contributed by atoms with Gasteiger partial charge in [-0.1, -0.05) is 0 Å². The molecule has 7 heteroatoms. The minimum Gasteiger partial charge on any atom is -0.484 e. The van der Waals surface area contributed by atoms with Gasteiger partial charge in [-0.3, -0.25) is 4.79 Å². The van der Waals surface area contributed by atoms with E-state index in [4.69, 9.17) is 4.74 Å². The van der Waals surface area contributed by atoms with E-state index in [-0.39, 0.29) is 11.7 Å². The van der Waals surface area contributed by atoms with Gasteiger partial charge in [-0.05, 0) is 63.3 Å². The molecule has 1 saturated carbocycles. The number of hydrogen-bond donors (Lipinski definition) is 1. The minimum absolute atomic E-state index is 0.0481. The van der Waals surface area contributed by atoms with Gasteiger partial charge in [0.2, 0.25) is 5.91 Å². The Morgan fingerprint density at radius 1 is 1.12 bits per heavy atom. The van der Waals surface area contributed by atoms with Crippen LogP contribution in [-0.4, -0.2) is 35.9 Å². The molecule has 0 radical (unpaired) electrons. The zero-order valence-corrected chi connectivity index (χ0v) is 14.1. The standard InChI is InChI=1S/C18H22F3NO3/c1-16(24)6-8-17(9-7-16)10-11-22(15(17)23)13-2-4-14(5-3-13)25-12-18(19,20)21/h2-5,24H,6-12H2,1H3. The van der Waals surface area contributed by atoms with E-state index in [1.165, 1.54) is 12.1 Å². The zero-order valence-electron chi connectivity index (χ0n) is 14.1. The maximum atomic E-state index is 12.9. The van der Waals surface area contributed by atoms with Crippen LogP contribution >= 0.6 is 0 Å². The molecule has 1 aliphatic carbocycles. The molecule has 1 heterocycles. The van der Waals surface area contributed by atoms with Crippen LogP contribution < -0.4 is 9.64 Å². The third kappa shape index (κ3) is 3.92. The van der Waals surface area contributed by atoms with Crippen molar-refractivity contribution in [1.29, 1.82) is 0 Å². The molecule has 1 aliphatic heterocycles. The summed E-state index contributed by atoms with van der Waals surface area (Å²) in [4.78, 5) is 14.6. The Kier molecular flexibility index (Phi) is 4.47. The topological polar surface area (TPSA) is 49.8 Å². The second-order valence-electron chi connectivity index (χ2n) is 7.38. The van der Waals surface area contributed by atoms with E-state index in [1.807, 2.05) is 0 Å². The lowest BCUT2D eigenvalue weighted by Crippen LogP contribution is -2.42. The second-order valence-corrected chi connectivity index (χ2v) is 7.38. The summed E-state index contributed by atoms with van der Waals surface area (Å²) in [7, 11) is 0. The predicted molar refractivity (Wildman–Crippen MR) is 86.5 cm³/mol. The number of halogens is 3. The lowest BCUT2D eigenvalue weighted by molar-refractivity contribution is -0.153. The summed E-state index contributed by atoms with van der Waals surface area (Å²) >= 11 is 0. The third-order valence-corrected chi connectivity index (χ3v) is 5.35. The first-order valence-corrected chi connectivity index (χ1v) is 8.44. The molecule has 1 N–H and O–H groups in total. The van der Waals surface area contributed by atoms with Gasteiger partial charge in [-0.2, -0.15) is 13.2 Å². The Balaban J connectivity index is 1.66. The Hall–Kier alpha value is -1.76. The molecule has 1 saturated heterocycles. The van der Waals surface area contributed by atoms with Crippen molar-refractivity contribution in [2.24, 2.45) is 5.41 Å². The third-order valence-electron chi connectivity index (χ3n) is 5.35. The number of benzene rings is 1. The molecule has 1 spiro atoms. The van der Waals surface area contributed by atoms with Crippen LogP contribution in [0.1, 0.15) is 39.0 Å². The van der Waals surface area contributed by atoms with Crippen molar-refractivity contribution in [1.82, 2.24) is 0 Å². The highest BCUT2D eigenvalue weighted by Gasteiger charge is 2.50. The van der Waals surface area contributed by atoms with E-state index in [0.717, 1.165) is 6.42 Å². The van der Waals surface area contributed by atoms with Crippen LogP contribution in [0.3, 0.4) is 0 Å². The first-order chi connectivity index (χ1) is 11.6. The average molecular weight is 357 g/mol. The highest BCUT2D eigenvalue weighted by Crippen LogP contribution is 2.48. The Morgan fingerprint density at radius 2 is 1.72 bits per heavy atom. The summed E-state index contributed by atoms with van der Waals surface area (Å²) in [6.07, 6.45) is -1.08. The summed E-state index contributed by atoms with van der Waals surface area (Å²) in [5, 5.41) is 10.1. The summed E-state index contributed by atoms with van der Waals surface area (Å²) in [6, 6.07) is 6.12. The number of carbonyl (C=O) groups excluding carboxylic acids is 1. The maximum absolute atomic E-state index is 12.9. The van der Waals surface area contributed by atoms with Crippen molar-refractivity contribution >= 4 is 11.6 Å². The lowest BCUT2D eigenvalue weighted by atomic mass is 9.68. The van der Waals surface area contributed by atoms with Gasteiger partial charge in [0, 0.05) is 12.2 Å². The van der Waals surface area contributed by atoms with Crippen LogP contribution in [0.2, 0.25) is 0 Å². The Bertz CT molecular complexity index is 630. The van der Waals surface area contributed by atoms with Crippen molar-refractivity contribution in [3.05, 3.63) is 24.3 Å². The Morgan fingerprint density at radius 3 is 2.28 bits per heavy atom. The van der Waals surface area contributed by atoms with Crippen molar-refractivity contribution in [2.75, 3.05) is 18.1 Å². The SMILES string of the molecule is CC1(O)CCC2(CCN(c3ccc(OCC(F)(F)F)cc3)C2=O)CC1. The normalized spacial score (nSPS) is 30.1. The number of anilines is 1. The largest absolute Gasteiger partial charge is 0.484 e.